The first-order chi connectivity index (χ1) is 12.0. The average molecular weight is 346 g/mol. The van der Waals surface area contributed by atoms with Crippen molar-refractivity contribution in [2.75, 3.05) is 24.5 Å². The van der Waals surface area contributed by atoms with Crippen molar-refractivity contribution in [3.63, 3.8) is 0 Å². The zero-order valence-corrected chi connectivity index (χ0v) is 15.5. The van der Waals surface area contributed by atoms with Crippen LogP contribution in [0.2, 0.25) is 0 Å². The molecular formula is C19H30N4O2. The third-order valence-corrected chi connectivity index (χ3v) is 4.58. The second-order valence-corrected chi connectivity index (χ2v) is 6.74. The van der Waals surface area contributed by atoms with E-state index < -0.39 is 0 Å². The number of pyridine rings is 1. The van der Waals surface area contributed by atoms with Gasteiger partial charge in [0, 0.05) is 37.6 Å². The van der Waals surface area contributed by atoms with E-state index in [-0.39, 0.29) is 23.8 Å². The molecule has 1 aliphatic heterocycles. The van der Waals surface area contributed by atoms with Gasteiger partial charge in [0.15, 0.2) is 0 Å². The fourth-order valence-electron chi connectivity index (χ4n) is 3.28. The summed E-state index contributed by atoms with van der Waals surface area (Å²) in [5.74, 6) is -0.0261. The Morgan fingerprint density at radius 2 is 2.20 bits per heavy atom. The number of nitrogens with one attached hydrogen (secondary N) is 2. The summed E-state index contributed by atoms with van der Waals surface area (Å²) in [5.41, 5.74) is 1.37. The van der Waals surface area contributed by atoms with Crippen LogP contribution < -0.4 is 15.5 Å². The van der Waals surface area contributed by atoms with E-state index in [0.717, 1.165) is 37.9 Å². The molecule has 1 fully saturated rings. The Labute approximate surface area is 150 Å². The number of hydrogen-bond acceptors (Lipinski definition) is 4. The predicted molar refractivity (Wildman–Crippen MR) is 99.7 cm³/mol. The van der Waals surface area contributed by atoms with Crippen LogP contribution in [0.4, 0.5) is 5.69 Å². The van der Waals surface area contributed by atoms with Crippen molar-refractivity contribution >= 4 is 17.5 Å². The van der Waals surface area contributed by atoms with Gasteiger partial charge in [0.2, 0.25) is 5.91 Å². The molecule has 0 bridgehead atoms. The number of piperidine rings is 1. The van der Waals surface area contributed by atoms with Crippen LogP contribution in [0.15, 0.2) is 18.3 Å². The topological polar surface area (TPSA) is 74.3 Å². The number of carbonyl (C=O) groups is 2. The van der Waals surface area contributed by atoms with Gasteiger partial charge >= 0.3 is 0 Å². The van der Waals surface area contributed by atoms with Crippen LogP contribution in [0, 0.1) is 5.92 Å². The Bertz CT molecular complexity index is 591. The van der Waals surface area contributed by atoms with Gasteiger partial charge in [0.1, 0.15) is 5.69 Å². The summed E-state index contributed by atoms with van der Waals surface area (Å²) in [6.07, 6.45) is 5.61. The maximum atomic E-state index is 12.5. The molecule has 6 nitrogen and oxygen atoms in total. The van der Waals surface area contributed by atoms with Gasteiger partial charge < -0.3 is 15.5 Å². The molecule has 2 heterocycles. The van der Waals surface area contributed by atoms with Crippen LogP contribution in [0.3, 0.4) is 0 Å². The Balaban J connectivity index is 2.02. The second kappa shape index (κ2) is 9.39. The van der Waals surface area contributed by atoms with Gasteiger partial charge in [-0.25, -0.2) is 0 Å². The molecule has 138 valence electrons. The number of aromatic nitrogens is 1. The zero-order chi connectivity index (χ0) is 18.2. The Morgan fingerprint density at radius 1 is 1.40 bits per heavy atom. The Hall–Kier alpha value is -2.11. The summed E-state index contributed by atoms with van der Waals surface area (Å²) in [7, 11) is 0. The number of rotatable bonds is 7. The molecule has 2 amide bonds. The van der Waals surface area contributed by atoms with Gasteiger partial charge in [-0.1, -0.05) is 13.3 Å². The first-order valence-corrected chi connectivity index (χ1v) is 9.34. The van der Waals surface area contributed by atoms with Crippen molar-refractivity contribution in [2.24, 2.45) is 5.92 Å². The molecule has 1 saturated heterocycles. The summed E-state index contributed by atoms with van der Waals surface area (Å²) in [5, 5.41) is 5.90. The lowest BCUT2D eigenvalue weighted by Crippen LogP contribution is -2.45. The molecule has 2 unspecified atom stereocenters. The maximum absolute atomic E-state index is 12.5. The minimum atomic E-state index is -0.163. The number of nitrogens with zero attached hydrogens (tertiary/aromatic N) is 2. The molecule has 1 aromatic rings. The minimum Gasteiger partial charge on any atom is -0.371 e. The fraction of sp³-hybridized carbons (Fsp3) is 0.632. The lowest BCUT2D eigenvalue weighted by Gasteiger charge is -2.34. The zero-order valence-electron chi connectivity index (χ0n) is 15.5. The largest absolute Gasteiger partial charge is 0.371 e. The van der Waals surface area contributed by atoms with Crippen molar-refractivity contribution in [1.29, 1.82) is 0 Å². The van der Waals surface area contributed by atoms with Gasteiger partial charge in [-0.15, -0.1) is 0 Å². The van der Waals surface area contributed by atoms with E-state index in [1.165, 1.54) is 0 Å². The number of carbonyl (C=O) groups excluding carboxylic acids is 2. The fourth-order valence-corrected chi connectivity index (χ4v) is 3.28. The van der Waals surface area contributed by atoms with Crippen LogP contribution in [0.25, 0.3) is 0 Å². The van der Waals surface area contributed by atoms with E-state index in [1.807, 2.05) is 19.1 Å². The minimum absolute atomic E-state index is 0.00543. The normalized spacial score (nSPS) is 18.5. The average Bonchev–Trinajstić information content (AvgIpc) is 2.62. The maximum Gasteiger partial charge on any atom is 0.269 e. The van der Waals surface area contributed by atoms with Gasteiger partial charge in [-0.3, -0.25) is 14.6 Å². The Kier molecular flexibility index (Phi) is 7.22. The van der Waals surface area contributed by atoms with Crippen molar-refractivity contribution < 1.29 is 9.59 Å². The number of amides is 2. The molecule has 1 aliphatic rings. The van der Waals surface area contributed by atoms with E-state index in [0.29, 0.717) is 18.8 Å². The SMILES string of the molecule is CCCC(C)NC(=O)C1CCCN(c2ccnc(C(=O)NCC)c2)C1. The summed E-state index contributed by atoms with van der Waals surface area (Å²) >= 11 is 0. The van der Waals surface area contributed by atoms with Crippen molar-refractivity contribution in [3.05, 3.63) is 24.0 Å². The first kappa shape index (κ1) is 19.2. The molecule has 2 rings (SSSR count). The standard InChI is InChI=1S/C19H30N4O2/c1-4-7-14(3)22-18(24)15-8-6-11-23(13-15)16-9-10-21-17(12-16)19(25)20-5-2/h9-10,12,14-15H,4-8,11,13H2,1-3H3,(H,20,25)(H,22,24). The van der Waals surface area contributed by atoms with Crippen LogP contribution in [-0.2, 0) is 4.79 Å². The van der Waals surface area contributed by atoms with E-state index >= 15 is 0 Å². The molecule has 1 aromatic heterocycles. The van der Waals surface area contributed by atoms with E-state index in [9.17, 15) is 9.59 Å². The molecule has 2 atom stereocenters. The lowest BCUT2D eigenvalue weighted by molar-refractivity contribution is -0.125. The third-order valence-electron chi connectivity index (χ3n) is 4.58. The molecule has 0 aliphatic carbocycles. The van der Waals surface area contributed by atoms with Crippen molar-refractivity contribution in [3.8, 4) is 0 Å². The van der Waals surface area contributed by atoms with Crippen molar-refractivity contribution in [1.82, 2.24) is 15.6 Å². The van der Waals surface area contributed by atoms with E-state index in [1.54, 1.807) is 6.20 Å². The highest BCUT2D eigenvalue weighted by Gasteiger charge is 2.27. The lowest BCUT2D eigenvalue weighted by atomic mass is 9.96. The van der Waals surface area contributed by atoms with Crippen LogP contribution >= 0.6 is 0 Å². The quantitative estimate of drug-likeness (QED) is 0.795. The van der Waals surface area contributed by atoms with E-state index in [2.05, 4.69) is 34.4 Å². The molecule has 0 aromatic carbocycles. The smallest absolute Gasteiger partial charge is 0.269 e. The monoisotopic (exact) mass is 346 g/mol. The first-order valence-electron chi connectivity index (χ1n) is 9.34. The Morgan fingerprint density at radius 3 is 2.92 bits per heavy atom. The summed E-state index contributed by atoms with van der Waals surface area (Å²) < 4.78 is 0. The van der Waals surface area contributed by atoms with Crippen LogP contribution in [-0.4, -0.2) is 42.5 Å². The van der Waals surface area contributed by atoms with Gasteiger partial charge in [0.05, 0.1) is 5.92 Å². The summed E-state index contributed by atoms with van der Waals surface area (Å²) in [6, 6.07) is 3.94. The number of hydrogen-bond donors (Lipinski definition) is 2. The van der Waals surface area contributed by atoms with Crippen LogP contribution in [0.1, 0.15) is 56.9 Å². The highest BCUT2D eigenvalue weighted by atomic mass is 16.2. The molecule has 0 spiro atoms. The highest BCUT2D eigenvalue weighted by molar-refractivity contribution is 5.93. The van der Waals surface area contributed by atoms with Gasteiger partial charge in [-0.2, -0.15) is 0 Å². The number of anilines is 1. The van der Waals surface area contributed by atoms with Crippen LogP contribution in [0.5, 0.6) is 0 Å². The summed E-state index contributed by atoms with van der Waals surface area (Å²) in [6.45, 7) is 8.22. The molecule has 2 N–H and O–H groups in total. The second-order valence-electron chi connectivity index (χ2n) is 6.74. The van der Waals surface area contributed by atoms with Gasteiger partial charge in [0.25, 0.3) is 5.91 Å². The molecule has 0 saturated carbocycles. The van der Waals surface area contributed by atoms with Crippen molar-refractivity contribution in [2.45, 2.75) is 52.5 Å². The highest BCUT2D eigenvalue weighted by Crippen LogP contribution is 2.23. The van der Waals surface area contributed by atoms with E-state index in [4.69, 9.17) is 0 Å². The summed E-state index contributed by atoms with van der Waals surface area (Å²) in [4.78, 5) is 30.8. The third kappa shape index (κ3) is 5.44. The molecule has 6 heteroatoms. The molecule has 25 heavy (non-hydrogen) atoms. The molecule has 0 radical (unpaired) electrons. The molecular weight excluding hydrogens is 316 g/mol. The van der Waals surface area contributed by atoms with Gasteiger partial charge in [-0.05, 0) is 45.2 Å². The predicted octanol–water partition coefficient (Wildman–Crippen LogP) is 2.35.